The lowest BCUT2D eigenvalue weighted by atomic mass is 10.3. The minimum absolute atomic E-state index is 0.177. The van der Waals surface area contributed by atoms with E-state index in [1.165, 1.54) is 0 Å². The summed E-state index contributed by atoms with van der Waals surface area (Å²) < 4.78 is 27.7. The quantitative estimate of drug-likeness (QED) is 0.726. The summed E-state index contributed by atoms with van der Waals surface area (Å²) in [7, 11) is -3.16. The molecule has 1 N–H and O–H groups in total. The minimum atomic E-state index is -3.16. The van der Waals surface area contributed by atoms with Gasteiger partial charge in [-0.3, -0.25) is 0 Å². The van der Waals surface area contributed by atoms with Gasteiger partial charge in [-0.15, -0.1) is 0 Å². The standard InChI is InChI=1S/C8H16N2O2S/c1-7-3-2-6-10(7)13(11,12)9-8-4-5-8/h7-9H,2-6H2,1H3. The van der Waals surface area contributed by atoms with Crippen LogP contribution in [0.4, 0.5) is 0 Å². The summed E-state index contributed by atoms with van der Waals surface area (Å²) in [6.07, 6.45) is 3.99. The van der Waals surface area contributed by atoms with E-state index in [0.717, 1.165) is 25.7 Å². The predicted molar refractivity (Wildman–Crippen MR) is 50.5 cm³/mol. The molecule has 1 unspecified atom stereocenters. The van der Waals surface area contributed by atoms with Gasteiger partial charge in [0, 0.05) is 18.6 Å². The molecule has 4 nitrogen and oxygen atoms in total. The summed E-state index contributed by atoms with van der Waals surface area (Å²) in [6, 6.07) is 0.397. The molecule has 5 heteroatoms. The third-order valence-corrected chi connectivity index (χ3v) is 4.48. The van der Waals surface area contributed by atoms with Crippen molar-refractivity contribution < 1.29 is 8.42 Å². The highest BCUT2D eigenvalue weighted by Gasteiger charge is 2.35. The van der Waals surface area contributed by atoms with Crippen molar-refractivity contribution in [2.75, 3.05) is 6.54 Å². The lowest BCUT2D eigenvalue weighted by Crippen LogP contribution is -2.43. The number of rotatable bonds is 3. The SMILES string of the molecule is CC1CCCN1S(=O)(=O)NC1CC1. The Hall–Kier alpha value is -0.130. The van der Waals surface area contributed by atoms with E-state index < -0.39 is 10.2 Å². The molecular formula is C8H16N2O2S. The first-order chi connectivity index (χ1) is 6.09. The molecule has 13 heavy (non-hydrogen) atoms. The molecule has 1 heterocycles. The molecule has 1 aliphatic heterocycles. The van der Waals surface area contributed by atoms with Crippen LogP contribution in [-0.2, 0) is 10.2 Å². The van der Waals surface area contributed by atoms with Crippen molar-refractivity contribution in [1.29, 1.82) is 0 Å². The third-order valence-electron chi connectivity index (χ3n) is 2.69. The smallest absolute Gasteiger partial charge is 0.199 e. The second-order valence-corrected chi connectivity index (χ2v) is 5.65. The van der Waals surface area contributed by atoms with Crippen LogP contribution in [-0.4, -0.2) is 31.4 Å². The zero-order valence-electron chi connectivity index (χ0n) is 7.86. The van der Waals surface area contributed by atoms with E-state index >= 15 is 0 Å². The molecule has 1 saturated heterocycles. The molecular weight excluding hydrogens is 188 g/mol. The summed E-state index contributed by atoms with van der Waals surface area (Å²) in [5.74, 6) is 0. The van der Waals surface area contributed by atoms with Gasteiger partial charge in [0.25, 0.3) is 10.2 Å². The summed E-state index contributed by atoms with van der Waals surface area (Å²) in [6.45, 7) is 2.66. The van der Waals surface area contributed by atoms with Crippen LogP contribution < -0.4 is 4.72 Å². The number of hydrogen-bond donors (Lipinski definition) is 1. The van der Waals surface area contributed by atoms with Crippen molar-refractivity contribution in [3.05, 3.63) is 0 Å². The van der Waals surface area contributed by atoms with Crippen LogP contribution in [0.5, 0.6) is 0 Å². The average Bonchev–Trinajstić information content (AvgIpc) is 2.69. The van der Waals surface area contributed by atoms with E-state index in [0.29, 0.717) is 6.54 Å². The number of nitrogens with one attached hydrogen (secondary N) is 1. The van der Waals surface area contributed by atoms with Crippen LogP contribution in [0, 0.1) is 0 Å². The molecule has 0 aromatic carbocycles. The Kier molecular flexibility index (Phi) is 2.33. The van der Waals surface area contributed by atoms with Gasteiger partial charge in [0.1, 0.15) is 0 Å². The van der Waals surface area contributed by atoms with Gasteiger partial charge < -0.3 is 0 Å². The van der Waals surface area contributed by atoms with E-state index in [9.17, 15) is 8.42 Å². The summed E-state index contributed by atoms with van der Waals surface area (Å²) >= 11 is 0. The van der Waals surface area contributed by atoms with Crippen LogP contribution >= 0.6 is 0 Å². The van der Waals surface area contributed by atoms with Crippen molar-refractivity contribution in [2.24, 2.45) is 0 Å². The molecule has 0 radical (unpaired) electrons. The number of hydrogen-bond acceptors (Lipinski definition) is 2. The molecule has 1 aliphatic carbocycles. The zero-order valence-corrected chi connectivity index (χ0v) is 8.68. The van der Waals surface area contributed by atoms with Gasteiger partial charge in [-0.05, 0) is 32.6 Å². The molecule has 0 aromatic heterocycles. The Labute approximate surface area is 79.5 Å². The highest BCUT2D eigenvalue weighted by Crippen LogP contribution is 2.24. The third kappa shape index (κ3) is 2.03. The Morgan fingerprint density at radius 3 is 2.46 bits per heavy atom. The molecule has 1 saturated carbocycles. The topological polar surface area (TPSA) is 49.4 Å². The minimum Gasteiger partial charge on any atom is -0.199 e. The Balaban J connectivity index is 2.03. The molecule has 76 valence electrons. The molecule has 2 fully saturated rings. The van der Waals surface area contributed by atoms with Crippen molar-refractivity contribution in [2.45, 2.75) is 44.7 Å². The fraction of sp³-hybridized carbons (Fsp3) is 1.00. The molecule has 1 atom stereocenters. The maximum atomic E-state index is 11.7. The highest BCUT2D eigenvalue weighted by atomic mass is 32.2. The molecule has 2 aliphatic rings. The molecule has 0 spiro atoms. The van der Waals surface area contributed by atoms with Crippen LogP contribution in [0.25, 0.3) is 0 Å². The summed E-state index contributed by atoms with van der Waals surface area (Å²) in [4.78, 5) is 0. The van der Waals surface area contributed by atoms with Gasteiger partial charge in [0.05, 0.1) is 0 Å². The van der Waals surface area contributed by atoms with E-state index in [-0.39, 0.29) is 12.1 Å². The van der Waals surface area contributed by atoms with Gasteiger partial charge in [0.2, 0.25) is 0 Å². The lowest BCUT2D eigenvalue weighted by molar-refractivity contribution is 0.400. The van der Waals surface area contributed by atoms with Crippen molar-refractivity contribution in [3.8, 4) is 0 Å². The average molecular weight is 204 g/mol. The molecule has 0 aromatic rings. The van der Waals surface area contributed by atoms with Crippen LogP contribution in [0.2, 0.25) is 0 Å². The van der Waals surface area contributed by atoms with E-state index in [1.807, 2.05) is 6.92 Å². The van der Waals surface area contributed by atoms with Crippen molar-refractivity contribution >= 4 is 10.2 Å². The van der Waals surface area contributed by atoms with Crippen molar-refractivity contribution in [1.82, 2.24) is 9.03 Å². The Morgan fingerprint density at radius 2 is 2.00 bits per heavy atom. The van der Waals surface area contributed by atoms with Crippen LogP contribution in [0.15, 0.2) is 0 Å². The Morgan fingerprint density at radius 1 is 1.31 bits per heavy atom. The first-order valence-electron chi connectivity index (χ1n) is 4.89. The normalized spacial score (nSPS) is 31.0. The van der Waals surface area contributed by atoms with Crippen molar-refractivity contribution in [3.63, 3.8) is 0 Å². The van der Waals surface area contributed by atoms with E-state index in [2.05, 4.69) is 4.72 Å². The largest absolute Gasteiger partial charge is 0.279 e. The fourth-order valence-electron chi connectivity index (χ4n) is 1.74. The predicted octanol–water partition coefficient (Wildman–Crippen LogP) is 0.468. The highest BCUT2D eigenvalue weighted by molar-refractivity contribution is 7.87. The Bertz CT molecular complexity index is 285. The molecule has 0 amide bonds. The first kappa shape index (κ1) is 9.43. The van der Waals surface area contributed by atoms with Gasteiger partial charge in [-0.2, -0.15) is 17.4 Å². The summed E-state index contributed by atoms with van der Waals surface area (Å²) in [5, 5.41) is 0. The zero-order chi connectivity index (χ0) is 9.47. The number of nitrogens with zero attached hydrogens (tertiary/aromatic N) is 1. The molecule has 2 rings (SSSR count). The van der Waals surface area contributed by atoms with Crippen LogP contribution in [0.3, 0.4) is 0 Å². The summed E-state index contributed by atoms with van der Waals surface area (Å²) in [5.41, 5.74) is 0. The van der Waals surface area contributed by atoms with Gasteiger partial charge in [-0.1, -0.05) is 0 Å². The van der Waals surface area contributed by atoms with Gasteiger partial charge in [0.15, 0.2) is 0 Å². The fourth-order valence-corrected chi connectivity index (χ4v) is 3.48. The second kappa shape index (κ2) is 3.22. The van der Waals surface area contributed by atoms with Crippen LogP contribution in [0.1, 0.15) is 32.6 Å². The van der Waals surface area contributed by atoms with Gasteiger partial charge in [-0.25, -0.2) is 0 Å². The van der Waals surface area contributed by atoms with E-state index in [4.69, 9.17) is 0 Å². The second-order valence-electron chi connectivity index (χ2n) is 4.00. The maximum Gasteiger partial charge on any atom is 0.279 e. The lowest BCUT2D eigenvalue weighted by Gasteiger charge is -2.20. The van der Waals surface area contributed by atoms with Gasteiger partial charge >= 0.3 is 0 Å². The monoisotopic (exact) mass is 204 g/mol. The molecule has 0 bridgehead atoms. The van der Waals surface area contributed by atoms with E-state index in [1.54, 1.807) is 4.31 Å². The maximum absolute atomic E-state index is 11.7. The first-order valence-corrected chi connectivity index (χ1v) is 6.33.